The van der Waals surface area contributed by atoms with Crippen LogP contribution in [0.2, 0.25) is 0 Å². The SMILES string of the molecule is Cc1cc(CN2CCC(Oc3ccnc4cc(C)sc34)CC2)on1. The number of likely N-dealkylation sites (tertiary alicyclic amines) is 1. The molecule has 0 spiro atoms. The van der Waals surface area contributed by atoms with Gasteiger partial charge in [0.1, 0.15) is 11.9 Å². The minimum Gasteiger partial charge on any atom is -0.489 e. The average Bonchev–Trinajstić information content (AvgIpc) is 3.14. The highest BCUT2D eigenvalue weighted by atomic mass is 32.1. The first-order valence-corrected chi connectivity index (χ1v) is 9.15. The number of aryl methyl sites for hydroxylation is 2. The Bertz CT molecular complexity index is 834. The van der Waals surface area contributed by atoms with Crippen molar-refractivity contribution >= 4 is 21.6 Å². The summed E-state index contributed by atoms with van der Waals surface area (Å²) in [5, 5.41) is 3.95. The summed E-state index contributed by atoms with van der Waals surface area (Å²) in [7, 11) is 0. The third kappa shape index (κ3) is 3.30. The molecule has 1 saturated heterocycles. The van der Waals surface area contributed by atoms with E-state index in [9.17, 15) is 0 Å². The molecule has 1 aliphatic rings. The zero-order valence-electron chi connectivity index (χ0n) is 14.0. The van der Waals surface area contributed by atoms with Gasteiger partial charge in [-0.15, -0.1) is 11.3 Å². The molecule has 0 N–H and O–H groups in total. The Hall–Kier alpha value is -1.92. The average molecular weight is 343 g/mol. The molecular formula is C18H21N3O2S. The molecule has 24 heavy (non-hydrogen) atoms. The molecule has 3 aromatic heterocycles. The van der Waals surface area contributed by atoms with E-state index in [1.807, 2.05) is 25.3 Å². The van der Waals surface area contributed by atoms with Gasteiger partial charge in [0.05, 0.1) is 22.5 Å². The number of fused-ring (bicyclic) bond motifs is 1. The van der Waals surface area contributed by atoms with Gasteiger partial charge in [0.25, 0.3) is 0 Å². The summed E-state index contributed by atoms with van der Waals surface area (Å²) in [4.78, 5) is 8.09. The van der Waals surface area contributed by atoms with Crippen molar-refractivity contribution in [2.24, 2.45) is 0 Å². The fourth-order valence-corrected chi connectivity index (χ4v) is 4.13. The molecule has 1 aliphatic heterocycles. The predicted octanol–water partition coefficient (Wildman–Crippen LogP) is 3.94. The lowest BCUT2D eigenvalue weighted by molar-refractivity contribution is 0.0926. The van der Waals surface area contributed by atoms with Gasteiger partial charge in [-0.1, -0.05) is 5.16 Å². The van der Waals surface area contributed by atoms with E-state index < -0.39 is 0 Å². The molecule has 3 aromatic rings. The van der Waals surface area contributed by atoms with E-state index in [1.165, 1.54) is 4.88 Å². The van der Waals surface area contributed by atoms with E-state index in [-0.39, 0.29) is 6.10 Å². The van der Waals surface area contributed by atoms with Crippen molar-refractivity contribution in [3.63, 3.8) is 0 Å². The number of hydrogen-bond donors (Lipinski definition) is 0. The summed E-state index contributed by atoms with van der Waals surface area (Å²) in [6.07, 6.45) is 4.17. The monoisotopic (exact) mass is 343 g/mol. The molecule has 4 rings (SSSR count). The number of nitrogens with zero attached hydrogens (tertiary/aromatic N) is 3. The van der Waals surface area contributed by atoms with Gasteiger partial charge in [0.2, 0.25) is 0 Å². The van der Waals surface area contributed by atoms with Crippen molar-refractivity contribution < 1.29 is 9.26 Å². The molecule has 1 fully saturated rings. The number of piperidine rings is 1. The maximum absolute atomic E-state index is 6.29. The summed E-state index contributed by atoms with van der Waals surface area (Å²) in [6, 6.07) is 6.12. The smallest absolute Gasteiger partial charge is 0.150 e. The summed E-state index contributed by atoms with van der Waals surface area (Å²) in [5.74, 6) is 1.92. The van der Waals surface area contributed by atoms with E-state index in [4.69, 9.17) is 9.26 Å². The van der Waals surface area contributed by atoms with Gasteiger partial charge in [0.15, 0.2) is 5.76 Å². The predicted molar refractivity (Wildman–Crippen MR) is 94.5 cm³/mol. The topological polar surface area (TPSA) is 51.4 Å². The summed E-state index contributed by atoms with van der Waals surface area (Å²) in [5.41, 5.74) is 1.98. The molecule has 0 saturated carbocycles. The summed E-state index contributed by atoms with van der Waals surface area (Å²) >= 11 is 1.75. The summed E-state index contributed by atoms with van der Waals surface area (Å²) < 4.78 is 12.8. The number of aromatic nitrogens is 2. The van der Waals surface area contributed by atoms with Gasteiger partial charge in [-0.05, 0) is 38.8 Å². The largest absolute Gasteiger partial charge is 0.489 e. The van der Waals surface area contributed by atoms with Crippen LogP contribution in [0.4, 0.5) is 0 Å². The van der Waals surface area contributed by atoms with Crippen LogP contribution in [0.5, 0.6) is 5.75 Å². The van der Waals surface area contributed by atoms with Gasteiger partial charge in [-0.3, -0.25) is 9.88 Å². The van der Waals surface area contributed by atoms with Crippen molar-refractivity contribution in [2.45, 2.75) is 39.3 Å². The molecule has 6 heteroatoms. The van der Waals surface area contributed by atoms with Crippen LogP contribution in [0, 0.1) is 13.8 Å². The van der Waals surface area contributed by atoms with E-state index in [1.54, 1.807) is 11.3 Å². The Labute approximate surface area is 145 Å². The molecule has 0 aromatic carbocycles. The lowest BCUT2D eigenvalue weighted by atomic mass is 10.1. The zero-order chi connectivity index (χ0) is 16.5. The normalized spacial score (nSPS) is 16.8. The van der Waals surface area contributed by atoms with Crippen LogP contribution in [0.15, 0.2) is 28.9 Å². The van der Waals surface area contributed by atoms with Gasteiger partial charge in [-0.2, -0.15) is 0 Å². The van der Waals surface area contributed by atoms with Crippen LogP contribution in [0.25, 0.3) is 10.2 Å². The number of pyridine rings is 1. The van der Waals surface area contributed by atoms with Gasteiger partial charge in [0, 0.05) is 30.2 Å². The minimum absolute atomic E-state index is 0.269. The second-order valence-electron chi connectivity index (χ2n) is 6.41. The molecule has 5 nitrogen and oxygen atoms in total. The fraction of sp³-hybridized carbons (Fsp3) is 0.444. The summed E-state index contributed by atoms with van der Waals surface area (Å²) in [6.45, 7) is 6.93. The highest BCUT2D eigenvalue weighted by molar-refractivity contribution is 7.19. The highest BCUT2D eigenvalue weighted by Gasteiger charge is 2.22. The van der Waals surface area contributed by atoms with E-state index in [2.05, 4.69) is 28.0 Å². The van der Waals surface area contributed by atoms with Crippen LogP contribution in [-0.4, -0.2) is 34.2 Å². The van der Waals surface area contributed by atoms with Crippen molar-refractivity contribution in [3.05, 3.63) is 40.7 Å². The first kappa shape index (κ1) is 15.6. The number of rotatable bonds is 4. The Kier molecular flexibility index (Phi) is 4.24. The highest BCUT2D eigenvalue weighted by Crippen LogP contribution is 2.33. The molecule has 126 valence electrons. The molecule has 0 amide bonds. The quantitative estimate of drug-likeness (QED) is 0.718. The zero-order valence-corrected chi connectivity index (χ0v) is 14.8. The maximum atomic E-state index is 6.29. The molecule has 0 atom stereocenters. The van der Waals surface area contributed by atoms with Crippen LogP contribution >= 0.6 is 11.3 Å². The first-order valence-electron chi connectivity index (χ1n) is 8.34. The van der Waals surface area contributed by atoms with Crippen molar-refractivity contribution in [1.82, 2.24) is 15.0 Å². The number of ether oxygens (including phenoxy) is 1. The number of thiophene rings is 1. The molecule has 0 unspecified atom stereocenters. The maximum Gasteiger partial charge on any atom is 0.150 e. The van der Waals surface area contributed by atoms with Crippen molar-refractivity contribution in [3.8, 4) is 5.75 Å². The molecule has 0 bridgehead atoms. The van der Waals surface area contributed by atoms with Crippen molar-refractivity contribution in [2.75, 3.05) is 13.1 Å². The molecule has 0 radical (unpaired) electrons. The standard InChI is InChI=1S/C18H21N3O2S/c1-12-9-15(23-20-12)11-21-7-4-14(5-8-21)22-17-3-6-19-16-10-13(2)24-18(16)17/h3,6,9-10,14H,4-5,7-8,11H2,1-2H3. The second-order valence-corrected chi connectivity index (χ2v) is 7.66. The molecular weight excluding hydrogens is 322 g/mol. The second kappa shape index (κ2) is 6.53. The Balaban J connectivity index is 1.37. The lowest BCUT2D eigenvalue weighted by Gasteiger charge is -2.31. The first-order chi connectivity index (χ1) is 11.7. The Morgan fingerprint density at radius 1 is 1.29 bits per heavy atom. The Morgan fingerprint density at radius 3 is 2.88 bits per heavy atom. The third-order valence-electron chi connectivity index (χ3n) is 4.38. The number of hydrogen-bond acceptors (Lipinski definition) is 6. The minimum atomic E-state index is 0.269. The van der Waals surface area contributed by atoms with Crippen LogP contribution in [-0.2, 0) is 6.54 Å². The van der Waals surface area contributed by atoms with Crippen LogP contribution in [0.1, 0.15) is 29.2 Å². The van der Waals surface area contributed by atoms with Gasteiger partial charge < -0.3 is 9.26 Å². The van der Waals surface area contributed by atoms with E-state index in [0.717, 1.165) is 59.9 Å². The van der Waals surface area contributed by atoms with Crippen LogP contribution in [0.3, 0.4) is 0 Å². The van der Waals surface area contributed by atoms with Gasteiger partial charge >= 0.3 is 0 Å². The van der Waals surface area contributed by atoms with Gasteiger partial charge in [-0.25, -0.2) is 0 Å². The lowest BCUT2D eigenvalue weighted by Crippen LogP contribution is -2.37. The molecule has 4 heterocycles. The van der Waals surface area contributed by atoms with E-state index >= 15 is 0 Å². The fourth-order valence-electron chi connectivity index (χ4n) is 3.20. The molecule has 0 aliphatic carbocycles. The van der Waals surface area contributed by atoms with E-state index in [0.29, 0.717) is 0 Å². The van der Waals surface area contributed by atoms with Crippen molar-refractivity contribution in [1.29, 1.82) is 0 Å². The third-order valence-corrected chi connectivity index (χ3v) is 5.44. The Morgan fingerprint density at radius 2 is 2.12 bits per heavy atom. The van der Waals surface area contributed by atoms with Crippen LogP contribution < -0.4 is 4.74 Å².